The van der Waals surface area contributed by atoms with Gasteiger partial charge in [-0.1, -0.05) is 18.2 Å². The van der Waals surface area contributed by atoms with Crippen molar-refractivity contribution in [3.05, 3.63) is 77.8 Å². The number of nitrogens with one attached hydrogen (secondary N) is 1. The van der Waals surface area contributed by atoms with E-state index >= 15 is 0 Å². The molecule has 0 saturated carbocycles. The molecule has 1 unspecified atom stereocenters. The number of carbonyl (C=O) groups excluding carboxylic acids is 1. The number of amides is 1. The van der Waals surface area contributed by atoms with Crippen molar-refractivity contribution in [2.45, 2.75) is 39.3 Å². The molecule has 1 aliphatic heterocycles. The van der Waals surface area contributed by atoms with Crippen molar-refractivity contribution in [1.29, 1.82) is 0 Å². The molecule has 0 spiro atoms. The monoisotopic (exact) mass is 417 g/mol. The third kappa shape index (κ3) is 7.27. The molecular formula is C25H31N5O. The van der Waals surface area contributed by atoms with E-state index in [-0.39, 0.29) is 11.9 Å². The van der Waals surface area contributed by atoms with Crippen molar-refractivity contribution in [3.8, 4) is 0 Å². The summed E-state index contributed by atoms with van der Waals surface area (Å²) in [5.74, 6) is -0.227. The Labute approximate surface area is 184 Å². The molecule has 3 rings (SSSR count). The zero-order valence-corrected chi connectivity index (χ0v) is 18.3. The van der Waals surface area contributed by atoms with Crippen LogP contribution in [0.5, 0.6) is 0 Å². The Balaban J connectivity index is 1.83. The predicted octanol–water partition coefficient (Wildman–Crippen LogP) is 4.26. The molecular weight excluding hydrogens is 386 g/mol. The zero-order chi connectivity index (χ0) is 22.1. The molecule has 1 amide bonds. The van der Waals surface area contributed by atoms with Gasteiger partial charge in [0.15, 0.2) is 0 Å². The molecule has 6 nitrogen and oxygen atoms in total. The number of benzene rings is 1. The smallest absolute Gasteiger partial charge is 0.274 e. The van der Waals surface area contributed by atoms with Gasteiger partial charge >= 0.3 is 0 Å². The Morgan fingerprint density at radius 3 is 2.97 bits per heavy atom. The molecule has 1 aromatic heterocycles. The maximum atomic E-state index is 12.6. The highest BCUT2D eigenvalue weighted by Gasteiger charge is 2.17. The number of hydrogen-bond acceptors (Lipinski definition) is 5. The van der Waals surface area contributed by atoms with Gasteiger partial charge in [-0.3, -0.25) is 19.7 Å². The number of hydrogen-bond donors (Lipinski definition) is 2. The van der Waals surface area contributed by atoms with Crippen LogP contribution in [0.4, 0.5) is 5.69 Å². The lowest BCUT2D eigenvalue weighted by molar-refractivity contribution is 0.102. The van der Waals surface area contributed by atoms with Crippen LogP contribution >= 0.6 is 0 Å². The van der Waals surface area contributed by atoms with Crippen LogP contribution in [0, 0.1) is 0 Å². The fourth-order valence-electron chi connectivity index (χ4n) is 3.69. The summed E-state index contributed by atoms with van der Waals surface area (Å²) in [5.41, 5.74) is 10.3. The van der Waals surface area contributed by atoms with Crippen LogP contribution in [0.1, 0.15) is 48.3 Å². The maximum absolute atomic E-state index is 12.6. The summed E-state index contributed by atoms with van der Waals surface area (Å²) >= 11 is 0. The number of likely N-dealkylation sites (tertiary alicyclic amines) is 1. The Bertz CT molecular complexity index is 965. The second kappa shape index (κ2) is 11.3. The summed E-state index contributed by atoms with van der Waals surface area (Å²) in [7, 11) is 0. The van der Waals surface area contributed by atoms with Gasteiger partial charge in [-0.25, -0.2) is 0 Å². The van der Waals surface area contributed by atoms with Crippen molar-refractivity contribution < 1.29 is 4.79 Å². The number of pyridine rings is 1. The molecule has 1 aliphatic rings. The molecule has 1 aromatic carbocycles. The first-order valence-corrected chi connectivity index (χ1v) is 10.7. The Hall–Kier alpha value is -3.09. The minimum atomic E-state index is -0.227. The quantitative estimate of drug-likeness (QED) is 0.659. The van der Waals surface area contributed by atoms with Gasteiger partial charge < -0.3 is 11.1 Å². The SMILES string of the molecule is C\C=C/C(C)=N\C=C\c1cc(CN2CCCC(N)C2)cc(NC(=O)c2ccccn2)c1. The van der Waals surface area contributed by atoms with E-state index in [1.807, 2.05) is 44.2 Å². The van der Waals surface area contributed by atoms with Gasteiger partial charge in [0.05, 0.1) is 0 Å². The van der Waals surface area contributed by atoms with E-state index in [9.17, 15) is 4.79 Å². The van der Waals surface area contributed by atoms with Crippen molar-refractivity contribution in [1.82, 2.24) is 9.88 Å². The van der Waals surface area contributed by atoms with Crippen LogP contribution in [-0.2, 0) is 6.54 Å². The number of allylic oxidation sites excluding steroid dienone is 2. The summed E-state index contributed by atoms with van der Waals surface area (Å²) in [6.07, 6.45) is 11.5. The van der Waals surface area contributed by atoms with Gasteiger partial charge in [0.2, 0.25) is 0 Å². The fourth-order valence-corrected chi connectivity index (χ4v) is 3.69. The molecule has 1 fully saturated rings. The molecule has 31 heavy (non-hydrogen) atoms. The van der Waals surface area contributed by atoms with Gasteiger partial charge in [-0.2, -0.15) is 0 Å². The third-order valence-corrected chi connectivity index (χ3v) is 5.07. The van der Waals surface area contributed by atoms with Gasteiger partial charge in [0, 0.05) is 42.9 Å². The maximum Gasteiger partial charge on any atom is 0.274 e. The van der Waals surface area contributed by atoms with Crippen LogP contribution < -0.4 is 11.1 Å². The van der Waals surface area contributed by atoms with E-state index in [2.05, 4.69) is 26.3 Å². The van der Waals surface area contributed by atoms with Crippen LogP contribution in [0.15, 0.2) is 65.9 Å². The van der Waals surface area contributed by atoms with Gasteiger partial charge in [-0.15, -0.1) is 0 Å². The number of anilines is 1. The second-order valence-corrected chi connectivity index (χ2v) is 7.86. The molecule has 1 saturated heterocycles. The van der Waals surface area contributed by atoms with Gasteiger partial charge in [0.1, 0.15) is 5.69 Å². The number of rotatable bonds is 7. The lowest BCUT2D eigenvalue weighted by Gasteiger charge is -2.30. The van der Waals surface area contributed by atoms with E-state index in [4.69, 9.17) is 5.73 Å². The molecule has 3 N–H and O–H groups in total. The number of piperidine rings is 1. The summed E-state index contributed by atoms with van der Waals surface area (Å²) in [4.78, 5) is 23.5. The Morgan fingerprint density at radius 2 is 2.23 bits per heavy atom. The number of aliphatic imine (C=N–C) groups is 1. The van der Waals surface area contributed by atoms with Crippen molar-refractivity contribution in [2.24, 2.45) is 10.7 Å². The fraction of sp³-hybridized carbons (Fsp3) is 0.320. The van der Waals surface area contributed by atoms with Gasteiger partial charge in [-0.05, 0) is 80.8 Å². The molecule has 6 heteroatoms. The van der Waals surface area contributed by atoms with Crippen molar-refractivity contribution in [3.63, 3.8) is 0 Å². The lowest BCUT2D eigenvalue weighted by atomic mass is 10.0. The Morgan fingerprint density at radius 1 is 1.35 bits per heavy atom. The minimum Gasteiger partial charge on any atom is -0.327 e. The standard InChI is InChI=1S/C25H31N5O/c1-3-7-19(2)27-12-10-20-14-21(17-30-13-6-8-22(26)18-30)16-23(15-20)29-25(31)24-9-4-5-11-28-24/h3-5,7,9-12,14-16,22H,6,8,13,17-18,26H2,1-2H3,(H,29,31)/b7-3-,12-10+,27-19-. The number of aromatic nitrogens is 1. The highest BCUT2D eigenvalue weighted by molar-refractivity contribution is 6.03. The highest BCUT2D eigenvalue weighted by atomic mass is 16.1. The lowest BCUT2D eigenvalue weighted by Crippen LogP contribution is -2.42. The van der Waals surface area contributed by atoms with Crippen molar-refractivity contribution in [2.75, 3.05) is 18.4 Å². The minimum absolute atomic E-state index is 0.226. The third-order valence-electron chi connectivity index (χ3n) is 5.07. The molecule has 0 radical (unpaired) electrons. The van der Waals surface area contributed by atoms with Crippen molar-refractivity contribution >= 4 is 23.4 Å². The average Bonchev–Trinajstić information content (AvgIpc) is 2.74. The summed E-state index contributed by atoms with van der Waals surface area (Å²) in [5, 5.41) is 2.98. The Kier molecular flexibility index (Phi) is 8.27. The molecule has 2 heterocycles. The molecule has 1 atom stereocenters. The summed E-state index contributed by atoms with van der Waals surface area (Å²) in [6, 6.07) is 11.6. The average molecular weight is 418 g/mol. The van der Waals surface area contributed by atoms with E-state index in [1.165, 1.54) is 0 Å². The van der Waals surface area contributed by atoms with Crippen LogP contribution in [0.25, 0.3) is 6.08 Å². The van der Waals surface area contributed by atoms with E-state index in [0.717, 1.165) is 55.0 Å². The highest BCUT2D eigenvalue weighted by Crippen LogP contribution is 2.20. The first-order valence-electron chi connectivity index (χ1n) is 10.7. The molecule has 2 aromatic rings. The van der Waals surface area contributed by atoms with Gasteiger partial charge in [0.25, 0.3) is 5.91 Å². The largest absolute Gasteiger partial charge is 0.327 e. The topological polar surface area (TPSA) is 83.6 Å². The summed E-state index contributed by atoms with van der Waals surface area (Å²) < 4.78 is 0. The summed E-state index contributed by atoms with van der Waals surface area (Å²) in [6.45, 7) is 6.65. The number of nitrogens with two attached hydrogens (primary N) is 1. The van der Waals surface area contributed by atoms with Crippen LogP contribution in [0.2, 0.25) is 0 Å². The predicted molar refractivity (Wildman–Crippen MR) is 128 cm³/mol. The van der Waals surface area contributed by atoms with E-state index < -0.39 is 0 Å². The van der Waals surface area contributed by atoms with E-state index in [0.29, 0.717) is 5.69 Å². The molecule has 0 bridgehead atoms. The van der Waals surface area contributed by atoms with Crippen LogP contribution in [0.3, 0.4) is 0 Å². The van der Waals surface area contributed by atoms with Crippen LogP contribution in [-0.4, -0.2) is 40.6 Å². The number of carbonyl (C=O) groups is 1. The first kappa shape index (κ1) is 22.6. The normalized spacial score (nSPS) is 18.0. The molecule has 0 aliphatic carbocycles. The molecule has 162 valence electrons. The number of nitrogens with zero attached hydrogens (tertiary/aromatic N) is 3. The zero-order valence-electron chi connectivity index (χ0n) is 18.3. The van der Waals surface area contributed by atoms with E-state index in [1.54, 1.807) is 30.6 Å². The second-order valence-electron chi connectivity index (χ2n) is 7.86. The first-order chi connectivity index (χ1) is 15.0.